The number of benzene rings is 8. The number of hydrogen-bond donors (Lipinski definition) is 2. The van der Waals surface area contributed by atoms with E-state index in [-0.39, 0.29) is 0 Å². The molecule has 438 valence electrons. The Morgan fingerprint density at radius 3 is 1.17 bits per heavy atom. The highest BCUT2D eigenvalue weighted by molar-refractivity contribution is 6.56. The maximum absolute atomic E-state index is 12.4. The number of fused-ring (bicyclic) bond motifs is 3. The summed E-state index contributed by atoms with van der Waals surface area (Å²) >= 11 is 10.5. The summed E-state index contributed by atoms with van der Waals surface area (Å²) < 4.78 is 27.3. The molecule has 10 aromatic rings. The van der Waals surface area contributed by atoms with Gasteiger partial charge in [0.05, 0.1) is 68.7 Å². The monoisotopic (exact) mass is 1190 g/mol. The molecule has 86 heavy (non-hydrogen) atoms. The van der Waals surface area contributed by atoms with Crippen LogP contribution in [0.3, 0.4) is 0 Å². The van der Waals surface area contributed by atoms with Gasteiger partial charge in [0.25, 0.3) is 0 Å². The Bertz CT molecular complexity index is 3800. The number of hydrogen-bond acceptors (Lipinski definition) is 14. The van der Waals surface area contributed by atoms with Crippen molar-refractivity contribution in [3.63, 3.8) is 0 Å². The molecule has 8 aromatic carbocycles. The average Bonchev–Trinajstić information content (AvgIpc) is 4.42. The molecule has 13 rings (SSSR count). The standard InChI is InChI=1S/C34H30N4O3.C30H29N5O.C4H6Cl2O3/c1-40-33(39)30-21-24-22-31-28(23-29(24)35-30)32(37-17-19-41-20-18-37)36-38(31)34(25-11-5-2-6-12-25,26-13-7-3-8-14-26)27-15-9-4-10-16-27;31-26-20-25-28(21-27(26)32)35(33-29(25)34-16-18-36-19-17-34)30(22-10-4-1-5-11-22,23-12-6-2-7-13-23)24-14-8-3-9-15-24;1-8-3(7)4(5,6)9-2/h2-16,22-23H,17-21H2,1H3;1-15,20-21H,16-19,31-32H2;1-2H3. The van der Waals surface area contributed by atoms with Crippen LogP contribution in [0.25, 0.3) is 21.8 Å². The number of nitrogen functional groups attached to an aromatic ring is 2. The third kappa shape index (κ3) is 11.1. The van der Waals surface area contributed by atoms with Gasteiger partial charge in [-0.3, -0.25) is 0 Å². The zero-order chi connectivity index (χ0) is 59.8. The Morgan fingerprint density at radius 1 is 0.488 bits per heavy atom. The third-order valence-electron chi connectivity index (χ3n) is 15.8. The molecule has 0 bridgehead atoms. The van der Waals surface area contributed by atoms with Crippen molar-refractivity contribution in [2.75, 3.05) is 95.2 Å². The number of aliphatic imine (C=N–C) groups is 1. The predicted octanol–water partition coefficient (Wildman–Crippen LogP) is 11.3. The number of carbonyl (C=O) groups excluding carboxylic acids is 2. The molecule has 4 N–H and O–H groups in total. The molecular formula is C68H65Cl2N9O7. The lowest BCUT2D eigenvalue weighted by Gasteiger charge is -2.37. The molecular weight excluding hydrogens is 1130 g/mol. The first-order valence-electron chi connectivity index (χ1n) is 28.2. The highest BCUT2D eigenvalue weighted by Crippen LogP contribution is 2.47. The number of nitrogens with zero attached hydrogens (tertiary/aromatic N) is 7. The van der Waals surface area contributed by atoms with Gasteiger partial charge < -0.3 is 45.0 Å². The fraction of sp³-hybridized carbons (Fsp3) is 0.221. The van der Waals surface area contributed by atoms with E-state index in [2.05, 4.69) is 191 Å². The molecule has 2 saturated heterocycles. The molecule has 3 aliphatic heterocycles. The van der Waals surface area contributed by atoms with Crippen molar-refractivity contribution in [3.05, 3.63) is 245 Å². The first kappa shape index (κ1) is 58.7. The highest BCUT2D eigenvalue weighted by atomic mass is 35.5. The summed E-state index contributed by atoms with van der Waals surface area (Å²) in [6, 6.07) is 71.5. The number of nitrogens with two attached hydrogens (primary N) is 2. The number of carbonyl (C=O) groups is 2. The SMILES string of the molecule is COC(=O)C(Cl)(Cl)OC.COC(=O)C1=Nc2cc3c(N4CCOCC4)nn(C(c4ccccc4)(c4ccccc4)c4ccccc4)c3cc2C1.Nc1cc2c(N3CCOCC3)nn(C(c3ccccc3)(c3ccccc3)c3ccccc3)c2cc1N. The van der Waals surface area contributed by atoms with Crippen LogP contribution in [0, 0.1) is 0 Å². The summed E-state index contributed by atoms with van der Waals surface area (Å²) in [7, 11) is 3.77. The van der Waals surface area contributed by atoms with E-state index in [1.165, 1.54) is 21.3 Å². The number of methoxy groups -OCH3 is 3. The molecule has 0 unspecified atom stereocenters. The number of aromatic nitrogens is 4. The van der Waals surface area contributed by atoms with Crippen molar-refractivity contribution in [2.24, 2.45) is 4.99 Å². The first-order valence-corrected chi connectivity index (χ1v) is 29.0. The number of halogens is 2. The Balaban J connectivity index is 0.000000157. The van der Waals surface area contributed by atoms with Crippen LogP contribution >= 0.6 is 23.2 Å². The number of morpholine rings is 2. The van der Waals surface area contributed by atoms with Gasteiger partial charge in [0.1, 0.15) is 16.8 Å². The molecule has 2 aromatic heterocycles. The molecule has 0 radical (unpaired) electrons. The van der Waals surface area contributed by atoms with E-state index >= 15 is 0 Å². The third-order valence-corrected chi connectivity index (χ3v) is 16.5. The van der Waals surface area contributed by atoms with E-state index in [1.807, 2.05) is 48.5 Å². The van der Waals surface area contributed by atoms with Crippen LogP contribution in [0.2, 0.25) is 0 Å². The van der Waals surface area contributed by atoms with Crippen LogP contribution in [0.15, 0.2) is 211 Å². The second-order valence-corrected chi connectivity index (χ2v) is 22.0. The molecule has 0 atom stereocenters. The number of alkyl halides is 2. The second-order valence-electron chi connectivity index (χ2n) is 20.7. The Kier molecular flexibility index (Phi) is 17.5. The smallest absolute Gasteiger partial charge is 0.370 e. The maximum Gasteiger partial charge on any atom is 0.370 e. The van der Waals surface area contributed by atoms with Gasteiger partial charge >= 0.3 is 16.5 Å². The van der Waals surface area contributed by atoms with Crippen molar-refractivity contribution in [2.45, 2.75) is 22.0 Å². The normalized spacial score (nSPS) is 14.3. The lowest BCUT2D eigenvalue weighted by atomic mass is 9.77. The van der Waals surface area contributed by atoms with Crippen molar-refractivity contribution in [3.8, 4) is 0 Å². The summed E-state index contributed by atoms with van der Waals surface area (Å²) in [6.45, 7) is 5.65. The van der Waals surface area contributed by atoms with E-state index in [1.54, 1.807) is 0 Å². The van der Waals surface area contributed by atoms with Gasteiger partial charge in [-0.05, 0) is 63.2 Å². The van der Waals surface area contributed by atoms with Gasteiger partial charge in [-0.15, -0.1) is 0 Å². The predicted molar refractivity (Wildman–Crippen MR) is 340 cm³/mol. The number of ether oxygens (including phenoxy) is 5. The van der Waals surface area contributed by atoms with Crippen LogP contribution in [0.5, 0.6) is 0 Å². The first-order chi connectivity index (χ1) is 41.9. The van der Waals surface area contributed by atoms with Crippen LogP contribution in [0.1, 0.15) is 38.9 Å². The lowest BCUT2D eigenvalue weighted by molar-refractivity contribution is -0.150. The number of esters is 2. The van der Waals surface area contributed by atoms with E-state index < -0.39 is 27.5 Å². The molecule has 2 fully saturated rings. The van der Waals surface area contributed by atoms with Gasteiger partial charge in [0.2, 0.25) is 0 Å². The molecule has 0 aliphatic carbocycles. The summed E-state index contributed by atoms with van der Waals surface area (Å²) in [4.78, 5) is 32.1. The highest BCUT2D eigenvalue weighted by Gasteiger charge is 2.44. The number of rotatable bonds is 13. The van der Waals surface area contributed by atoms with Gasteiger partial charge in [-0.1, -0.05) is 205 Å². The van der Waals surface area contributed by atoms with Gasteiger partial charge in [-0.25, -0.2) is 23.9 Å². The lowest BCUT2D eigenvalue weighted by Crippen LogP contribution is -2.40. The minimum absolute atomic E-state index is 0.396. The Morgan fingerprint density at radius 2 is 0.837 bits per heavy atom. The minimum Gasteiger partial charge on any atom is -0.465 e. The molecule has 16 nitrogen and oxygen atoms in total. The quantitative estimate of drug-likeness (QED) is 0.0481. The van der Waals surface area contributed by atoms with Crippen molar-refractivity contribution < 1.29 is 33.3 Å². The fourth-order valence-corrected chi connectivity index (χ4v) is 11.9. The fourth-order valence-electron chi connectivity index (χ4n) is 11.7. The van der Waals surface area contributed by atoms with E-state index in [0.29, 0.717) is 49.9 Å². The molecule has 0 amide bonds. The minimum atomic E-state index is -1.87. The van der Waals surface area contributed by atoms with Gasteiger partial charge in [-0.2, -0.15) is 10.2 Å². The molecule has 18 heteroatoms. The van der Waals surface area contributed by atoms with Crippen molar-refractivity contribution >= 4 is 91.4 Å². The van der Waals surface area contributed by atoms with Crippen LogP contribution in [-0.4, -0.2) is 116 Å². The second kappa shape index (κ2) is 25.7. The summed E-state index contributed by atoms with van der Waals surface area (Å²) in [5.41, 5.74) is 23.0. The summed E-state index contributed by atoms with van der Waals surface area (Å²) in [5.74, 6) is 0.563. The zero-order valence-corrected chi connectivity index (χ0v) is 49.4. The summed E-state index contributed by atoms with van der Waals surface area (Å²) in [6.07, 6.45) is 0.422. The van der Waals surface area contributed by atoms with E-state index in [9.17, 15) is 9.59 Å². The Hall–Kier alpha value is -9.03. The van der Waals surface area contributed by atoms with Crippen LogP contribution < -0.4 is 21.3 Å². The maximum atomic E-state index is 12.4. The Labute approximate surface area is 509 Å². The van der Waals surface area contributed by atoms with Gasteiger partial charge in [0, 0.05) is 50.5 Å². The van der Waals surface area contributed by atoms with Crippen LogP contribution in [0.4, 0.5) is 28.7 Å². The van der Waals surface area contributed by atoms with E-state index in [0.717, 1.165) is 104 Å². The van der Waals surface area contributed by atoms with Crippen LogP contribution in [-0.2, 0) is 50.8 Å². The number of anilines is 4. The van der Waals surface area contributed by atoms with Gasteiger partial charge in [0.15, 0.2) is 11.6 Å². The largest absolute Gasteiger partial charge is 0.465 e. The molecule has 0 spiro atoms. The topological polar surface area (TPSA) is 187 Å². The molecule has 0 saturated carbocycles. The summed E-state index contributed by atoms with van der Waals surface area (Å²) in [5, 5.41) is 12.8. The van der Waals surface area contributed by atoms with Crippen molar-refractivity contribution in [1.29, 1.82) is 0 Å². The average molecular weight is 1190 g/mol. The molecule has 3 aliphatic rings. The molecule has 5 heterocycles. The van der Waals surface area contributed by atoms with Crippen molar-refractivity contribution in [1.82, 2.24) is 19.6 Å². The zero-order valence-electron chi connectivity index (χ0n) is 47.9. The van der Waals surface area contributed by atoms with E-state index in [4.69, 9.17) is 59.1 Å².